The van der Waals surface area contributed by atoms with Crippen LogP contribution in [0.3, 0.4) is 0 Å². The molecule has 0 unspecified atom stereocenters. The molecule has 2 fully saturated rings. The smallest absolute Gasteiger partial charge is 0.321 e. The molecule has 1 saturated carbocycles. The molecular formula is C18H22N4O2S. The second-order valence-electron chi connectivity index (χ2n) is 6.80. The lowest BCUT2D eigenvalue weighted by Gasteiger charge is -2.33. The molecule has 6 nitrogen and oxygen atoms in total. The number of carbonyl (C=O) groups excluding carboxylic acids is 2. The molecule has 2 heterocycles. The number of nitrogens with one attached hydrogen (secondary N) is 2. The number of fused-ring (bicyclic) bond motifs is 1. The highest BCUT2D eigenvalue weighted by atomic mass is 32.1. The Hall–Kier alpha value is -1.99. The molecule has 3 amide bonds. The van der Waals surface area contributed by atoms with Crippen LogP contribution in [-0.4, -0.2) is 41.0 Å². The van der Waals surface area contributed by atoms with Crippen LogP contribution in [0, 0.1) is 0 Å². The standard InChI is InChI=1S/C18H22N4O2S/c23-16(21-18(24)19-12-8-9-12)11-22-10-4-3-6-14(22)17-20-13-5-1-2-7-15(13)25-17/h1-2,5,7,12,14H,3-4,6,8-11H2,(H2,19,21,23,24)/t14-/m0/s1. The second kappa shape index (κ2) is 7.09. The highest BCUT2D eigenvalue weighted by Gasteiger charge is 2.29. The van der Waals surface area contributed by atoms with Crippen molar-refractivity contribution in [2.24, 2.45) is 0 Å². The Morgan fingerprint density at radius 3 is 2.84 bits per heavy atom. The van der Waals surface area contributed by atoms with E-state index in [-0.39, 0.29) is 30.6 Å². The summed E-state index contributed by atoms with van der Waals surface area (Å²) in [5, 5.41) is 6.30. The highest BCUT2D eigenvalue weighted by molar-refractivity contribution is 7.18. The van der Waals surface area contributed by atoms with Crippen LogP contribution in [0.25, 0.3) is 10.2 Å². The van der Waals surface area contributed by atoms with Gasteiger partial charge in [-0.1, -0.05) is 18.6 Å². The van der Waals surface area contributed by atoms with Gasteiger partial charge in [0.2, 0.25) is 5.91 Å². The van der Waals surface area contributed by atoms with E-state index >= 15 is 0 Å². The molecule has 0 radical (unpaired) electrons. The first-order valence-corrected chi connectivity index (χ1v) is 9.70. The fourth-order valence-corrected chi connectivity index (χ4v) is 4.43. The molecule has 1 aromatic heterocycles. The van der Waals surface area contributed by atoms with Gasteiger partial charge >= 0.3 is 6.03 Å². The Morgan fingerprint density at radius 2 is 2.04 bits per heavy atom. The van der Waals surface area contributed by atoms with Crippen LogP contribution >= 0.6 is 11.3 Å². The number of urea groups is 1. The van der Waals surface area contributed by atoms with Crippen molar-refractivity contribution in [3.63, 3.8) is 0 Å². The average molecular weight is 358 g/mol. The lowest BCUT2D eigenvalue weighted by Crippen LogP contribution is -2.46. The summed E-state index contributed by atoms with van der Waals surface area (Å²) in [6.45, 7) is 1.09. The fourth-order valence-electron chi connectivity index (χ4n) is 3.29. The van der Waals surface area contributed by atoms with Gasteiger partial charge in [-0.3, -0.25) is 15.0 Å². The van der Waals surface area contributed by atoms with Crippen LogP contribution in [0.4, 0.5) is 4.79 Å². The summed E-state index contributed by atoms with van der Waals surface area (Å²) in [5.74, 6) is -0.244. The zero-order valence-electron chi connectivity index (χ0n) is 14.0. The van der Waals surface area contributed by atoms with Crippen LogP contribution < -0.4 is 10.6 Å². The zero-order chi connectivity index (χ0) is 17.2. The van der Waals surface area contributed by atoms with Gasteiger partial charge in [-0.25, -0.2) is 9.78 Å². The van der Waals surface area contributed by atoms with Crippen LogP contribution in [0.2, 0.25) is 0 Å². The summed E-state index contributed by atoms with van der Waals surface area (Å²) in [6.07, 6.45) is 5.23. The van der Waals surface area contributed by atoms with Gasteiger partial charge < -0.3 is 5.32 Å². The van der Waals surface area contributed by atoms with E-state index in [2.05, 4.69) is 21.6 Å². The molecule has 1 atom stereocenters. The fraction of sp³-hybridized carbons (Fsp3) is 0.500. The van der Waals surface area contributed by atoms with Crippen molar-refractivity contribution >= 4 is 33.5 Å². The van der Waals surface area contributed by atoms with Crippen molar-refractivity contribution in [1.82, 2.24) is 20.5 Å². The van der Waals surface area contributed by atoms with Gasteiger partial charge in [0.1, 0.15) is 5.01 Å². The van der Waals surface area contributed by atoms with Crippen molar-refractivity contribution in [3.8, 4) is 0 Å². The molecule has 2 aliphatic rings. The van der Waals surface area contributed by atoms with E-state index in [4.69, 9.17) is 4.98 Å². The Morgan fingerprint density at radius 1 is 1.20 bits per heavy atom. The minimum Gasteiger partial charge on any atom is -0.335 e. The third kappa shape index (κ3) is 3.99. The number of thiazole rings is 1. The molecule has 132 valence electrons. The van der Waals surface area contributed by atoms with E-state index in [9.17, 15) is 9.59 Å². The predicted octanol–water partition coefficient (Wildman–Crippen LogP) is 2.81. The van der Waals surface area contributed by atoms with Gasteiger partial charge in [0.05, 0.1) is 22.8 Å². The third-order valence-corrected chi connectivity index (χ3v) is 5.86. The van der Waals surface area contributed by atoms with Crippen molar-refractivity contribution in [1.29, 1.82) is 0 Å². The monoisotopic (exact) mass is 358 g/mol. The first-order valence-electron chi connectivity index (χ1n) is 8.89. The van der Waals surface area contributed by atoms with Gasteiger partial charge in [-0.05, 0) is 44.4 Å². The minimum absolute atomic E-state index is 0.156. The number of para-hydroxylation sites is 1. The molecule has 1 saturated heterocycles. The van der Waals surface area contributed by atoms with Gasteiger partial charge in [0, 0.05) is 6.04 Å². The van der Waals surface area contributed by atoms with Crippen molar-refractivity contribution in [2.45, 2.75) is 44.2 Å². The largest absolute Gasteiger partial charge is 0.335 e. The number of likely N-dealkylation sites (tertiary alicyclic amines) is 1. The van der Waals surface area contributed by atoms with Crippen LogP contribution in [0.5, 0.6) is 0 Å². The summed E-state index contributed by atoms with van der Waals surface area (Å²) in [7, 11) is 0. The summed E-state index contributed by atoms with van der Waals surface area (Å²) in [6, 6.07) is 8.16. The molecule has 2 N–H and O–H groups in total. The maximum Gasteiger partial charge on any atom is 0.321 e. The maximum absolute atomic E-state index is 12.2. The molecule has 1 aliphatic carbocycles. The van der Waals surface area contributed by atoms with E-state index in [0.717, 1.165) is 49.2 Å². The SMILES string of the molecule is O=C(CN1CCCC[C@H]1c1nc2ccccc2s1)NC(=O)NC1CC1. The number of amides is 3. The number of imide groups is 1. The van der Waals surface area contributed by atoms with Crippen LogP contribution in [-0.2, 0) is 4.79 Å². The number of aromatic nitrogens is 1. The lowest BCUT2D eigenvalue weighted by atomic mass is 10.0. The number of hydrogen-bond acceptors (Lipinski definition) is 5. The predicted molar refractivity (Wildman–Crippen MR) is 97.5 cm³/mol. The Bertz CT molecular complexity index is 753. The third-order valence-electron chi connectivity index (χ3n) is 4.72. The van der Waals surface area contributed by atoms with Crippen molar-refractivity contribution in [2.75, 3.05) is 13.1 Å². The average Bonchev–Trinajstić information content (AvgIpc) is 3.29. The number of carbonyl (C=O) groups is 2. The van der Waals surface area contributed by atoms with E-state index in [1.54, 1.807) is 11.3 Å². The number of hydrogen-bond donors (Lipinski definition) is 2. The van der Waals surface area contributed by atoms with Gasteiger partial charge in [0.25, 0.3) is 0 Å². The molecule has 1 aliphatic heterocycles. The van der Waals surface area contributed by atoms with Crippen LogP contribution in [0.1, 0.15) is 43.2 Å². The number of piperidine rings is 1. The maximum atomic E-state index is 12.2. The molecule has 1 aromatic carbocycles. The topological polar surface area (TPSA) is 74.3 Å². The summed E-state index contributed by atoms with van der Waals surface area (Å²) in [4.78, 5) is 30.9. The van der Waals surface area contributed by atoms with E-state index in [1.165, 1.54) is 4.70 Å². The Kier molecular flexibility index (Phi) is 4.67. The second-order valence-corrected chi connectivity index (χ2v) is 7.86. The summed E-state index contributed by atoms with van der Waals surface area (Å²) in [5.41, 5.74) is 1.02. The first kappa shape index (κ1) is 16.5. The zero-order valence-corrected chi connectivity index (χ0v) is 14.8. The number of benzene rings is 1. The Labute approximate surface area is 150 Å². The van der Waals surface area contributed by atoms with Gasteiger partial charge in [0.15, 0.2) is 0 Å². The molecule has 25 heavy (non-hydrogen) atoms. The number of nitrogens with zero attached hydrogens (tertiary/aromatic N) is 2. The quantitative estimate of drug-likeness (QED) is 0.881. The molecule has 0 bridgehead atoms. The van der Waals surface area contributed by atoms with E-state index in [1.807, 2.05) is 18.2 Å². The van der Waals surface area contributed by atoms with E-state index < -0.39 is 0 Å². The molecule has 4 rings (SSSR count). The highest BCUT2D eigenvalue weighted by Crippen LogP contribution is 2.35. The van der Waals surface area contributed by atoms with Crippen molar-refractivity contribution in [3.05, 3.63) is 29.3 Å². The molecular weight excluding hydrogens is 336 g/mol. The lowest BCUT2D eigenvalue weighted by molar-refractivity contribution is -0.122. The minimum atomic E-state index is -0.374. The van der Waals surface area contributed by atoms with Crippen LogP contribution in [0.15, 0.2) is 24.3 Å². The first-order chi connectivity index (χ1) is 12.2. The summed E-state index contributed by atoms with van der Waals surface area (Å²) >= 11 is 1.70. The van der Waals surface area contributed by atoms with Crippen molar-refractivity contribution < 1.29 is 9.59 Å². The van der Waals surface area contributed by atoms with Gasteiger partial charge in [-0.2, -0.15) is 0 Å². The van der Waals surface area contributed by atoms with Gasteiger partial charge in [-0.15, -0.1) is 11.3 Å². The molecule has 0 spiro atoms. The molecule has 2 aromatic rings. The Balaban J connectivity index is 1.43. The van der Waals surface area contributed by atoms with E-state index in [0.29, 0.717) is 0 Å². The number of rotatable bonds is 4. The molecule has 7 heteroatoms. The normalized spacial score (nSPS) is 21.2. The summed E-state index contributed by atoms with van der Waals surface area (Å²) < 4.78 is 1.18.